The number of carbonyl (C=O) groups is 1. The van der Waals surface area contributed by atoms with Crippen molar-refractivity contribution in [3.63, 3.8) is 0 Å². The second-order valence-electron chi connectivity index (χ2n) is 7.85. The van der Waals surface area contributed by atoms with Crippen LogP contribution in [0.3, 0.4) is 0 Å². The first-order chi connectivity index (χ1) is 11.5. The molecule has 24 heavy (non-hydrogen) atoms. The lowest BCUT2D eigenvalue weighted by Gasteiger charge is -2.40. The number of likely N-dealkylation sites (tertiary alicyclic amines) is 1. The van der Waals surface area contributed by atoms with Gasteiger partial charge in [-0.1, -0.05) is 27.7 Å². The summed E-state index contributed by atoms with van der Waals surface area (Å²) in [6, 6.07) is 0.671. The molecule has 0 aromatic carbocycles. The van der Waals surface area contributed by atoms with Crippen LogP contribution in [0.15, 0.2) is 0 Å². The van der Waals surface area contributed by atoms with Gasteiger partial charge in [0.05, 0.1) is 6.67 Å². The second kappa shape index (κ2) is 11.2. The Kier molecular flexibility index (Phi) is 10.1. The van der Waals surface area contributed by atoms with Crippen LogP contribution < -0.4 is 0 Å². The highest BCUT2D eigenvalue weighted by Crippen LogP contribution is 2.21. The first kappa shape index (κ1) is 21.6. The van der Waals surface area contributed by atoms with Crippen molar-refractivity contribution in [1.29, 1.82) is 0 Å². The lowest BCUT2D eigenvalue weighted by molar-refractivity contribution is -0.125. The van der Waals surface area contributed by atoms with Crippen LogP contribution >= 0.6 is 0 Å². The zero-order valence-corrected chi connectivity index (χ0v) is 17.1. The van der Waals surface area contributed by atoms with Crippen molar-refractivity contribution >= 4 is 5.78 Å². The highest BCUT2D eigenvalue weighted by Gasteiger charge is 2.27. The van der Waals surface area contributed by atoms with Gasteiger partial charge in [-0.2, -0.15) is 0 Å². The van der Waals surface area contributed by atoms with Gasteiger partial charge in [0.15, 0.2) is 0 Å². The minimum Gasteiger partial charge on any atom is -0.299 e. The Hall–Kier alpha value is -0.450. The summed E-state index contributed by atoms with van der Waals surface area (Å²) in [6.45, 7) is 20.9. The first-order valence-electron chi connectivity index (χ1n) is 10.2. The van der Waals surface area contributed by atoms with Gasteiger partial charge in [0.1, 0.15) is 5.78 Å². The fourth-order valence-electron chi connectivity index (χ4n) is 3.67. The predicted molar refractivity (Wildman–Crippen MR) is 103 cm³/mol. The molecule has 0 unspecified atom stereocenters. The smallest absolute Gasteiger partial charge is 0.136 e. The lowest BCUT2D eigenvalue weighted by atomic mass is 9.88. The molecular weight excluding hydrogens is 298 g/mol. The third-order valence-electron chi connectivity index (χ3n) is 5.19. The normalized spacial score (nSPS) is 21.8. The molecule has 0 radical (unpaired) electrons. The summed E-state index contributed by atoms with van der Waals surface area (Å²) in [5, 5.41) is 0. The molecule has 2 aliphatic rings. The van der Waals surface area contributed by atoms with Crippen molar-refractivity contribution in [3.05, 3.63) is 0 Å². The molecule has 0 aliphatic carbocycles. The Morgan fingerprint density at radius 1 is 0.875 bits per heavy atom. The highest BCUT2D eigenvalue weighted by atomic mass is 16.1. The molecule has 2 rings (SSSR count). The van der Waals surface area contributed by atoms with Gasteiger partial charge >= 0.3 is 0 Å². The molecule has 4 heteroatoms. The fourth-order valence-corrected chi connectivity index (χ4v) is 3.67. The van der Waals surface area contributed by atoms with Crippen LogP contribution in [0.2, 0.25) is 0 Å². The minimum absolute atomic E-state index is 0.330. The van der Waals surface area contributed by atoms with E-state index in [0.717, 1.165) is 39.0 Å². The molecule has 0 aromatic heterocycles. The summed E-state index contributed by atoms with van der Waals surface area (Å²) in [5.74, 6) is 1.33. The van der Waals surface area contributed by atoms with E-state index >= 15 is 0 Å². The van der Waals surface area contributed by atoms with Gasteiger partial charge in [-0.25, -0.2) is 0 Å². The quantitative estimate of drug-likeness (QED) is 0.742. The Morgan fingerprint density at radius 3 is 1.83 bits per heavy atom. The maximum atomic E-state index is 12.2. The molecule has 0 spiro atoms. The molecule has 142 valence electrons. The molecule has 2 saturated heterocycles. The molecule has 0 bridgehead atoms. The monoisotopic (exact) mass is 339 g/mol. The number of piperazine rings is 1. The number of ketones is 1. The van der Waals surface area contributed by atoms with Crippen LogP contribution in [0.5, 0.6) is 0 Å². The van der Waals surface area contributed by atoms with Gasteiger partial charge in [0.25, 0.3) is 0 Å². The summed E-state index contributed by atoms with van der Waals surface area (Å²) >= 11 is 0. The number of rotatable bonds is 6. The van der Waals surface area contributed by atoms with Gasteiger partial charge in [-0.15, -0.1) is 0 Å². The zero-order valence-electron chi connectivity index (χ0n) is 17.1. The third kappa shape index (κ3) is 7.20. The molecule has 2 fully saturated rings. The molecule has 0 aromatic rings. The number of Topliss-reactive ketones (excluding diaryl/α,β-unsaturated/α-hetero) is 1. The van der Waals surface area contributed by atoms with Crippen molar-refractivity contribution in [3.8, 4) is 0 Å². The van der Waals surface area contributed by atoms with E-state index in [4.69, 9.17) is 0 Å². The van der Waals surface area contributed by atoms with Gasteiger partial charge in [0, 0.05) is 57.6 Å². The average Bonchev–Trinajstić information content (AvgIpc) is 2.57. The minimum atomic E-state index is 0.330. The van der Waals surface area contributed by atoms with Crippen LogP contribution in [0, 0.1) is 11.8 Å². The summed E-state index contributed by atoms with van der Waals surface area (Å²) < 4.78 is 0. The summed E-state index contributed by atoms with van der Waals surface area (Å²) in [6.07, 6.45) is 2.90. The number of nitrogens with zero attached hydrogens (tertiary/aromatic N) is 3. The zero-order chi connectivity index (χ0) is 18.1. The van der Waals surface area contributed by atoms with E-state index in [0.29, 0.717) is 23.7 Å². The van der Waals surface area contributed by atoms with Crippen molar-refractivity contribution in [2.75, 3.05) is 45.9 Å². The van der Waals surface area contributed by atoms with Gasteiger partial charge in [-0.05, 0) is 32.6 Å². The summed E-state index contributed by atoms with van der Waals surface area (Å²) in [7, 11) is 0. The van der Waals surface area contributed by atoms with Crippen LogP contribution in [0.25, 0.3) is 0 Å². The molecular formula is C20H41N3O. The van der Waals surface area contributed by atoms with Crippen molar-refractivity contribution in [2.24, 2.45) is 11.8 Å². The van der Waals surface area contributed by atoms with Crippen molar-refractivity contribution < 1.29 is 4.79 Å². The fraction of sp³-hybridized carbons (Fsp3) is 0.950. The Morgan fingerprint density at radius 2 is 1.38 bits per heavy atom. The standard InChI is InChI=1S/C18H35N3O.C2H6/c1-15(2)13-18(22)17-5-7-19(8-6-17)14-20-9-11-21(12-10-20)16(3)4;1-2/h15-17H,5-14H2,1-4H3;1-2H3. The van der Waals surface area contributed by atoms with E-state index in [1.54, 1.807) is 0 Å². The van der Waals surface area contributed by atoms with E-state index in [9.17, 15) is 4.79 Å². The van der Waals surface area contributed by atoms with E-state index in [1.807, 2.05) is 13.8 Å². The largest absolute Gasteiger partial charge is 0.299 e. The predicted octanol–water partition coefficient (Wildman–Crippen LogP) is 3.32. The van der Waals surface area contributed by atoms with E-state index in [-0.39, 0.29) is 0 Å². The summed E-state index contributed by atoms with van der Waals surface area (Å²) in [4.78, 5) is 19.9. The van der Waals surface area contributed by atoms with Crippen LogP contribution in [0.4, 0.5) is 0 Å². The number of hydrogen-bond acceptors (Lipinski definition) is 4. The maximum Gasteiger partial charge on any atom is 0.136 e. The topological polar surface area (TPSA) is 26.8 Å². The molecule has 0 saturated carbocycles. The van der Waals surface area contributed by atoms with Gasteiger partial charge in [-0.3, -0.25) is 19.5 Å². The first-order valence-corrected chi connectivity index (χ1v) is 10.2. The van der Waals surface area contributed by atoms with Gasteiger partial charge < -0.3 is 0 Å². The molecule has 2 heterocycles. The molecule has 4 nitrogen and oxygen atoms in total. The van der Waals surface area contributed by atoms with Gasteiger partial charge in [0.2, 0.25) is 0 Å². The van der Waals surface area contributed by atoms with E-state index in [2.05, 4.69) is 42.4 Å². The Bertz CT molecular complexity index is 341. The van der Waals surface area contributed by atoms with Crippen molar-refractivity contribution in [2.45, 2.75) is 66.8 Å². The SMILES string of the molecule is CC.CC(C)CC(=O)C1CCN(CN2CCN(C(C)C)CC2)CC1. The molecule has 0 atom stereocenters. The van der Waals surface area contributed by atoms with Crippen molar-refractivity contribution in [1.82, 2.24) is 14.7 Å². The van der Waals surface area contributed by atoms with Crippen LogP contribution in [-0.2, 0) is 4.79 Å². The second-order valence-corrected chi connectivity index (χ2v) is 7.85. The number of carbonyl (C=O) groups excluding carboxylic acids is 1. The number of piperidine rings is 1. The van der Waals surface area contributed by atoms with E-state index in [1.165, 1.54) is 26.2 Å². The lowest BCUT2D eigenvalue weighted by Crippen LogP contribution is -2.52. The Labute approximate surface area is 150 Å². The third-order valence-corrected chi connectivity index (χ3v) is 5.19. The molecule has 0 amide bonds. The highest BCUT2D eigenvalue weighted by molar-refractivity contribution is 5.81. The Balaban J connectivity index is 0.00000139. The maximum absolute atomic E-state index is 12.2. The molecule has 2 aliphatic heterocycles. The molecule has 0 N–H and O–H groups in total. The van der Waals surface area contributed by atoms with E-state index < -0.39 is 0 Å². The van der Waals surface area contributed by atoms with Crippen LogP contribution in [-0.4, -0.2) is 72.5 Å². The van der Waals surface area contributed by atoms with Crippen LogP contribution in [0.1, 0.15) is 60.8 Å². The number of hydrogen-bond donors (Lipinski definition) is 0. The summed E-state index contributed by atoms with van der Waals surface area (Å²) in [5.41, 5.74) is 0. The average molecular weight is 340 g/mol.